The van der Waals surface area contributed by atoms with Crippen molar-refractivity contribution in [2.45, 2.75) is 39.5 Å². The smallest absolute Gasteiger partial charge is 0.0230 e. The molecule has 1 atom stereocenters. The highest BCUT2D eigenvalue weighted by Gasteiger charge is 2.42. The van der Waals surface area contributed by atoms with Crippen molar-refractivity contribution in [1.29, 1.82) is 0 Å². The molecule has 1 spiro atoms. The Hall–Kier alpha value is -0.600. The summed E-state index contributed by atoms with van der Waals surface area (Å²) in [5.41, 5.74) is 2.17. The summed E-state index contributed by atoms with van der Waals surface area (Å²) in [5.74, 6) is 0. The van der Waals surface area contributed by atoms with Gasteiger partial charge in [0.25, 0.3) is 0 Å². The van der Waals surface area contributed by atoms with Gasteiger partial charge in [0.05, 0.1) is 0 Å². The zero-order valence-corrected chi connectivity index (χ0v) is 13.0. The number of allylic oxidation sites excluding steroid dienone is 2. The molecule has 0 bridgehead atoms. The summed E-state index contributed by atoms with van der Waals surface area (Å²) < 4.78 is 0. The van der Waals surface area contributed by atoms with Gasteiger partial charge in [0.2, 0.25) is 0 Å². The van der Waals surface area contributed by atoms with Gasteiger partial charge in [-0.1, -0.05) is 32.1 Å². The Kier molecular flexibility index (Phi) is 5.23. The highest BCUT2D eigenvalue weighted by molar-refractivity contribution is 5.24. The van der Waals surface area contributed by atoms with Gasteiger partial charge in [-0.2, -0.15) is 0 Å². The van der Waals surface area contributed by atoms with E-state index >= 15 is 0 Å². The second kappa shape index (κ2) is 6.71. The van der Waals surface area contributed by atoms with E-state index in [1.165, 1.54) is 58.4 Å². The van der Waals surface area contributed by atoms with E-state index in [-0.39, 0.29) is 0 Å². The lowest BCUT2D eigenvalue weighted by Crippen LogP contribution is -2.30. The van der Waals surface area contributed by atoms with Crippen molar-refractivity contribution in [3.8, 4) is 0 Å². The van der Waals surface area contributed by atoms with Gasteiger partial charge in [0, 0.05) is 19.6 Å². The molecule has 2 heterocycles. The van der Waals surface area contributed by atoms with Crippen LogP contribution in [0.25, 0.3) is 0 Å². The van der Waals surface area contributed by atoms with E-state index in [4.69, 9.17) is 0 Å². The molecular formula is C17H30N2. The molecule has 19 heavy (non-hydrogen) atoms. The van der Waals surface area contributed by atoms with Crippen LogP contribution < -0.4 is 0 Å². The highest BCUT2D eigenvalue weighted by atomic mass is 15.2. The zero-order valence-electron chi connectivity index (χ0n) is 13.0. The van der Waals surface area contributed by atoms with E-state index in [1.54, 1.807) is 5.57 Å². The minimum Gasteiger partial charge on any atom is -0.306 e. The first-order chi connectivity index (χ1) is 9.26. The molecule has 3 rings (SSSR count). The fraction of sp³-hybridized carbons (Fsp3) is 0.765. The molecule has 2 saturated heterocycles. The maximum Gasteiger partial charge on any atom is 0.0230 e. The average molecular weight is 262 g/mol. The van der Waals surface area contributed by atoms with Crippen LogP contribution in [0.4, 0.5) is 0 Å². The first-order valence-corrected chi connectivity index (χ1v) is 8.02. The van der Waals surface area contributed by atoms with Gasteiger partial charge in [-0.15, -0.1) is 0 Å². The summed E-state index contributed by atoms with van der Waals surface area (Å²) in [4.78, 5) is 5.17. The van der Waals surface area contributed by atoms with Crippen LogP contribution in [0.15, 0.2) is 23.8 Å². The van der Waals surface area contributed by atoms with Crippen LogP contribution >= 0.6 is 0 Å². The summed E-state index contributed by atoms with van der Waals surface area (Å²) >= 11 is 0. The van der Waals surface area contributed by atoms with Gasteiger partial charge in [0.15, 0.2) is 0 Å². The summed E-state index contributed by atoms with van der Waals surface area (Å²) in [6.07, 6.45) is 12.4. The molecule has 2 aliphatic heterocycles. The zero-order chi connectivity index (χ0) is 13.7. The fourth-order valence-electron chi connectivity index (χ4n) is 3.70. The number of rotatable bonds is 2. The summed E-state index contributed by atoms with van der Waals surface area (Å²) in [6.45, 7) is 10.4. The first kappa shape index (κ1) is 14.8. The third-order valence-electron chi connectivity index (χ3n) is 4.62. The molecule has 2 nitrogen and oxygen atoms in total. The normalized spacial score (nSPS) is 31.4. The van der Waals surface area contributed by atoms with Crippen molar-refractivity contribution in [2.75, 3.05) is 39.8 Å². The van der Waals surface area contributed by atoms with Gasteiger partial charge < -0.3 is 4.90 Å². The number of nitrogens with zero attached hydrogens (tertiary/aromatic N) is 2. The van der Waals surface area contributed by atoms with Crippen LogP contribution in [-0.2, 0) is 0 Å². The molecule has 1 aliphatic carbocycles. The van der Waals surface area contributed by atoms with E-state index in [2.05, 4.69) is 35.1 Å². The SMILES string of the molecule is CC.CN1CCC2(CCN(CC3=CCCC=C3)C2)C1. The second-order valence-corrected chi connectivity index (χ2v) is 6.21. The maximum absolute atomic E-state index is 2.67. The van der Waals surface area contributed by atoms with Gasteiger partial charge >= 0.3 is 0 Å². The number of hydrogen-bond acceptors (Lipinski definition) is 2. The van der Waals surface area contributed by atoms with Gasteiger partial charge in [0.1, 0.15) is 0 Å². The minimum atomic E-state index is 0.633. The largest absolute Gasteiger partial charge is 0.306 e. The summed E-state index contributed by atoms with van der Waals surface area (Å²) in [7, 11) is 2.27. The number of likely N-dealkylation sites (tertiary alicyclic amines) is 2. The lowest BCUT2D eigenvalue weighted by Gasteiger charge is -2.24. The van der Waals surface area contributed by atoms with Crippen LogP contribution in [0.1, 0.15) is 39.5 Å². The van der Waals surface area contributed by atoms with E-state index in [1.807, 2.05) is 13.8 Å². The van der Waals surface area contributed by atoms with Crippen molar-refractivity contribution in [1.82, 2.24) is 9.80 Å². The Morgan fingerprint density at radius 2 is 1.89 bits per heavy atom. The van der Waals surface area contributed by atoms with Crippen LogP contribution in [0.2, 0.25) is 0 Å². The Labute approximate surface area is 119 Å². The lowest BCUT2D eigenvalue weighted by atomic mass is 9.86. The topological polar surface area (TPSA) is 6.48 Å². The van der Waals surface area contributed by atoms with Crippen molar-refractivity contribution in [2.24, 2.45) is 5.41 Å². The quantitative estimate of drug-likeness (QED) is 0.753. The Morgan fingerprint density at radius 3 is 2.53 bits per heavy atom. The van der Waals surface area contributed by atoms with E-state index < -0.39 is 0 Å². The van der Waals surface area contributed by atoms with Crippen LogP contribution in [0.3, 0.4) is 0 Å². The molecule has 0 N–H and O–H groups in total. The molecule has 0 aromatic carbocycles. The van der Waals surface area contributed by atoms with E-state index in [0.717, 1.165) is 0 Å². The van der Waals surface area contributed by atoms with Crippen LogP contribution in [0, 0.1) is 5.41 Å². The van der Waals surface area contributed by atoms with Crippen molar-refractivity contribution < 1.29 is 0 Å². The van der Waals surface area contributed by atoms with E-state index in [0.29, 0.717) is 5.41 Å². The molecule has 0 aromatic heterocycles. The Bertz CT molecular complexity index is 345. The standard InChI is InChI=1S/C15H24N2.C2H6/c1-16-9-7-15(12-16)8-10-17(13-15)11-14-5-3-2-4-6-14;1-2/h3,5-6H,2,4,7-13H2,1H3;1-2H3. The van der Waals surface area contributed by atoms with Crippen molar-refractivity contribution in [3.63, 3.8) is 0 Å². The first-order valence-electron chi connectivity index (χ1n) is 8.02. The van der Waals surface area contributed by atoms with Crippen molar-refractivity contribution in [3.05, 3.63) is 23.8 Å². The van der Waals surface area contributed by atoms with Gasteiger partial charge in [-0.3, -0.25) is 4.90 Å². The Morgan fingerprint density at radius 1 is 1.11 bits per heavy atom. The fourth-order valence-corrected chi connectivity index (χ4v) is 3.70. The summed E-state index contributed by atoms with van der Waals surface area (Å²) in [6, 6.07) is 0. The third kappa shape index (κ3) is 3.70. The number of hydrogen-bond donors (Lipinski definition) is 0. The third-order valence-corrected chi connectivity index (χ3v) is 4.62. The molecule has 1 unspecified atom stereocenters. The van der Waals surface area contributed by atoms with Crippen LogP contribution in [0.5, 0.6) is 0 Å². The molecule has 0 amide bonds. The monoisotopic (exact) mass is 262 g/mol. The molecule has 2 fully saturated rings. The minimum absolute atomic E-state index is 0.633. The van der Waals surface area contributed by atoms with Crippen molar-refractivity contribution >= 4 is 0 Å². The predicted octanol–water partition coefficient (Wildman–Crippen LogP) is 3.32. The molecule has 3 aliphatic rings. The second-order valence-electron chi connectivity index (χ2n) is 6.21. The summed E-state index contributed by atoms with van der Waals surface area (Å²) in [5, 5.41) is 0. The maximum atomic E-state index is 2.67. The lowest BCUT2D eigenvalue weighted by molar-refractivity contribution is 0.265. The Balaban J connectivity index is 0.000000637. The molecule has 0 aromatic rings. The molecular weight excluding hydrogens is 232 g/mol. The highest BCUT2D eigenvalue weighted by Crippen LogP contribution is 2.39. The molecule has 0 saturated carbocycles. The van der Waals surface area contributed by atoms with Crippen LogP contribution in [-0.4, -0.2) is 49.6 Å². The molecule has 0 radical (unpaired) electrons. The average Bonchev–Trinajstić information content (AvgIpc) is 3.00. The van der Waals surface area contributed by atoms with Gasteiger partial charge in [-0.05, 0) is 56.8 Å². The predicted molar refractivity (Wildman–Crippen MR) is 83.4 cm³/mol. The molecule has 2 heteroatoms. The van der Waals surface area contributed by atoms with E-state index in [9.17, 15) is 0 Å². The van der Waals surface area contributed by atoms with Gasteiger partial charge in [-0.25, -0.2) is 0 Å². The molecule has 108 valence electrons.